The summed E-state index contributed by atoms with van der Waals surface area (Å²) in [4.78, 5) is 14.8. The summed E-state index contributed by atoms with van der Waals surface area (Å²) in [5.41, 5.74) is 1.06. The van der Waals surface area contributed by atoms with E-state index in [1.807, 2.05) is 49.4 Å². The summed E-state index contributed by atoms with van der Waals surface area (Å²) in [7, 11) is 0. The fourth-order valence-corrected chi connectivity index (χ4v) is 3.31. The minimum absolute atomic E-state index is 0.0801. The topological polar surface area (TPSA) is 54.7 Å². The van der Waals surface area contributed by atoms with E-state index in [0.29, 0.717) is 13.2 Å². The second kappa shape index (κ2) is 9.01. The molecular weight excluding hydrogens is 328 g/mol. The number of rotatable bonds is 8. The Morgan fingerprint density at radius 1 is 1.19 bits per heavy atom. The fraction of sp³-hybridized carbons (Fsp3) is 0.476. The van der Waals surface area contributed by atoms with E-state index in [4.69, 9.17) is 9.15 Å². The van der Waals surface area contributed by atoms with Crippen LogP contribution in [-0.4, -0.2) is 36.5 Å². The molecule has 5 heteroatoms. The van der Waals surface area contributed by atoms with Gasteiger partial charge in [-0.05, 0) is 57.5 Å². The van der Waals surface area contributed by atoms with Crippen LogP contribution in [0.5, 0.6) is 0 Å². The zero-order chi connectivity index (χ0) is 18.4. The smallest absolute Gasteiger partial charge is 0.248 e. The van der Waals surface area contributed by atoms with Gasteiger partial charge in [-0.1, -0.05) is 30.3 Å². The Morgan fingerprint density at radius 3 is 2.58 bits per heavy atom. The molecule has 0 spiro atoms. The zero-order valence-corrected chi connectivity index (χ0v) is 15.6. The van der Waals surface area contributed by atoms with E-state index in [1.165, 1.54) is 12.8 Å². The van der Waals surface area contributed by atoms with Crippen molar-refractivity contribution in [3.05, 3.63) is 59.5 Å². The molecule has 5 nitrogen and oxygen atoms in total. The lowest BCUT2D eigenvalue weighted by Crippen LogP contribution is -2.40. The van der Waals surface area contributed by atoms with Gasteiger partial charge in [0.25, 0.3) is 0 Å². The van der Waals surface area contributed by atoms with Crippen LogP contribution in [0.25, 0.3) is 0 Å². The Morgan fingerprint density at radius 2 is 1.92 bits per heavy atom. The number of furan rings is 1. The third-order valence-electron chi connectivity index (χ3n) is 4.85. The molecule has 1 aliphatic rings. The van der Waals surface area contributed by atoms with Crippen LogP contribution in [0.4, 0.5) is 0 Å². The Bertz CT molecular complexity index is 692. The van der Waals surface area contributed by atoms with Crippen molar-refractivity contribution in [3.8, 4) is 0 Å². The van der Waals surface area contributed by atoms with Crippen LogP contribution in [0, 0.1) is 6.92 Å². The quantitative estimate of drug-likeness (QED) is 0.787. The van der Waals surface area contributed by atoms with Crippen molar-refractivity contribution in [2.75, 3.05) is 19.6 Å². The maximum atomic E-state index is 12.4. The van der Waals surface area contributed by atoms with E-state index in [1.54, 1.807) is 6.92 Å². The summed E-state index contributed by atoms with van der Waals surface area (Å²) in [6.07, 6.45) is 1.90. The number of likely N-dealkylation sites (tertiary alicyclic amines) is 1. The SMILES string of the molecule is Cc1ccc(C(CNC(=O)C(C)OCc2ccccc2)N2CCCC2)o1. The predicted molar refractivity (Wildman–Crippen MR) is 101 cm³/mol. The Kier molecular flexibility index (Phi) is 6.47. The van der Waals surface area contributed by atoms with Gasteiger partial charge in [0.1, 0.15) is 17.6 Å². The van der Waals surface area contributed by atoms with Crippen LogP contribution in [-0.2, 0) is 16.1 Å². The summed E-state index contributed by atoms with van der Waals surface area (Å²) in [6, 6.07) is 14.0. The normalized spacial score (nSPS) is 17.2. The van der Waals surface area contributed by atoms with Crippen molar-refractivity contribution < 1.29 is 13.9 Å². The second-order valence-electron chi connectivity index (χ2n) is 6.89. The van der Waals surface area contributed by atoms with Crippen LogP contribution >= 0.6 is 0 Å². The lowest BCUT2D eigenvalue weighted by Gasteiger charge is -2.26. The lowest BCUT2D eigenvalue weighted by molar-refractivity contribution is -0.132. The van der Waals surface area contributed by atoms with Crippen molar-refractivity contribution in [1.29, 1.82) is 0 Å². The van der Waals surface area contributed by atoms with Gasteiger partial charge in [0, 0.05) is 6.54 Å². The van der Waals surface area contributed by atoms with Crippen molar-refractivity contribution in [3.63, 3.8) is 0 Å². The number of benzene rings is 1. The fourth-order valence-electron chi connectivity index (χ4n) is 3.31. The third-order valence-corrected chi connectivity index (χ3v) is 4.85. The minimum Gasteiger partial charge on any atom is -0.465 e. The molecule has 2 aromatic rings. The highest BCUT2D eigenvalue weighted by Crippen LogP contribution is 2.26. The number of nitrogens with zero attached hydrogens (tertiary/aromatic N) is 1. The van der Waals surface area contributed by atoms with Crippen LogP contribution in [0.1, 0.15) is 42.9 Å². The summed E-state index contributed by atoms with van der Waals surface area (Å²) in [5.74, 6) is 1.73. The maximum absolute atomic E-state index is 12.4. The summed E-state index contributed by atoms with van der Waals surface area (Å²) < 4.78 is 11.5. The first-order valence-electron chi connectivity index (χ1n) is 9.37. The van der Waals surface area contributed by atoms with E-state index in [0.717, 1.165) is 30.2 Å². The first kappa shape index (κ1) is 18.7. The van der Waals surface area contributed by atoms with Gasteiger partial charge >= 0.3 is 0 Å². The average molecular weight is 356 g/mol. The standard InChI is InChI=1S/C21H28N2O3/c1-16-10-11-20(26-16)19(23-12-6-7-13-23)14-22-21(24)17(2)25-15-18-8-4-3-5-9-18/h3-5,8-11,17,19H,6-7,12-15H2,1-2H3,(H,22,24). The highest BCUT2D eigenvalue weighted by molar-refractivity contribution is 5.80. The molecule has 1 saturated heterocycles. The number of hydrogen-bond donors (Lipinski definition) is 1. The molecule has 1 amide bonds. The molecule has 1 aliphatic heterocycles. The molecular formula is C21H28N2O3. The molecule has 0 radical (unpaired) electrons. The molecule has 1 N–H and O–H groups in total. The van der Waals surface area contributed by atoms with Crippen molar-refractivity contribution >= 4 is 5.91 Å². The van der Waals surface area contributed by atoms with Crippen LogP contribution < -0.4 is 5.32 Å². The minimum atomic E-state index is -0.493. The number of amides is 1. The predicted octanol–water partition coefficient (Wildman–Crippen LogP) is 3.45. The zero-order valence-electron chi connectivity index (χ0n) is 15.6. The van der Waals surface area contributed by atoms with Gasteiger partial charge in [0.2, 0.25) is 5.91 Å². The van der Waals surface area contributed by atoms with Gasteiger partial charge in [-0.2, -0.15) is 0 Å². The number of hydrogen-bond acceptors (Lipinski definition) is 4. The Hall–Kier alpha value is -2.11. The van der Waals surface area contributed by atoms with Crippen molar-refractivity contribution in [2.24, 2.45) is 0 Å². The molecule has 2 heterocycles. The van der Waals surface area contributed by atoms with Gasteiger partial charge in [0.05, 0.1) is 12.6 Å². The molecule has 1 fully saturated rings. The van der Waals surface area contributed by atoms with Gasteiger partial charge < -0.3 is 14.5 Å². The maximum Gasteiger partial charge on any atom is 0.248 e. The van der Waals surface area contributed by atoms with E-state index in [9.17, 15) is 4.79 Å². The Labute approximate surface area is 155 Å². The van der Waals surface area contributed by atoms with Crippen molar-refractivity contribution in [2.45, 2.75) is 45.4 Å². The van der Waals surface area contributed by atoms with E-state index < -0.39 is 6.10 Å². The molecule has 1 aromatic heterocycles. The first-order chi connectivity index (χ1) is 12.6. The van der Waals surface area contributed by atoms with Gasteiger partial charge in [-0.15, -0.1) is 0 Å². The number of carbonyl (C=O) groups excluding carboxylic acids is 1. The van der Waals surface area contributed by atoms with Gasteiger partial charge in [-0.25, -0.2) is 0 Å². The third kappa shape index (κ3) is 4.96. The van der Waals surface area contributed by atoms with Crippen LogP contribution in [0.2, 0.25) is 0 Å². The largest absolute Gasteiger partial charge is 0.465 e. The molecule has 1 aromatic carbocycles. The van der Waals surface area contributed by atoms with E-state index >= 15 is 0 Å². The van der Waals surface area contributed by atoms with Crippen LogP contribution in [0.15, 0.2) is 46.9 Å². The molecule has 0 bridgehead atoms. The number of ether oxygens (including phenoxy) is 1. The monoisotopic (exact) mass is 356 g/mol. The van der Waals surface area contributed by atoms with Crippen molar-refractivity contribution in [1.82, 2.24) is 10.2 Å². The molecule has 3 rings (SSSR count). The molecule has 2 unspecified atom stereocenters. The highest BCUT2D eigenvalue weighted by Gasteiger charge is 2.27. The molecule has 2 atom stereocenters. The highest BCUT2D eigenvalue weighted by atomic mass is 16.5. The summed E-state index contributed by atoms with van der Waals surface area (Å²) >= 11 is 0. The number of aryl methyl sites for hydroxylation is 1. The molecule has 0 saturated carbocycles. The number of carbonyl (C=O) groups is 1. The lowest BCUT2D eigenvalue weighted by atomic mass is 10.2. The average Bonchev–Trinajstić information content (AvgIpc) is 3.33. The first-order valence-corrected chi connectivity index (χ1v) is 9.37. The van der Waals surface area contributed by atoms with E-state index in [-0.39, 0.29) is 11.9 Å². The number of nitrogens with one attached hydrogen (secondary N) is 1. The van der Waals surface area contributed by atoms with Gasteiger partial charge in [0.15, 0.2) is 0 Å². The molecule has 0 aliphatic carbocycles. The molecule has 140 valence electrons. The Balaban J connectivity index is 1.53. The summed E-state index contributed by atoms with van der Waals surface area (Å²) in [5, 5.41) is 3.04. The van der Waals surface area contributed by atoms with Crippen LogP contribution in [0.3, 0.4) is 0 Å². The molecule has 26 heavy (non-hydrogen) atoms. The van der Waals surface area contributed by atoms with Gasteiger partial charge in [-0.3, -0.25) is 9.69 Å². The second-order valence-corrected chi connectivity index (χ2v) is 6.89. The van der Waals surface area contributed by atoms with E-state index in [2.05, 4.69) is 10.2 Å². The summed E-state index contributed by atoms with van der Waals surface area (Å²) in [6.45, 7) is 6.79.